The van der Waals surface area contributed by atoms with E-state index < -0.39 is 21.5 Å². The van der Waals surface area contributed by atoms with Gasteiger partial charge in [0, 0.05) is 13.7 Å². The van der Waals surface area contributed by atoms with Crippen molar-refractivity contribution in [2.24, 2.45) is 0 Å². The normalized spacial score (nSPS) is 22.2. The molecule has 9 heteroatoms. The minimum absolute atomic E-state index is 0.0769. The molecule has 0 saturated carbocycles. The smallest absolute Gasteiger partial charge is 0.327 e. The first-order valence-corrected chi connectivity index (χ1v) is 8.70. The highest BCUT2D eigenvalue weighted by Gasteiger charge is 2.53. The third-order valence-electron chi connectivity index (χ3n) is 3.92. The van der Waals surface area contributed by atoms with Gasteiger partial charge >= 0.3 is 5.97 Å². The van der Waals surface area contributed by atoms with Gasteiger partial charge in [-0.1, -0.05) is 11.6 Å². The molecule has 0 spiro atoms. The van der Waals surface area contributed by atoms with E-state index in [0.29, 0.717) is 12.2 Å². The summed E-state index contributed by atoms with van der Waals surface area (Å²) < 4.78 is 36.7. The molecule has 1 saturated heterocycles. The molecular weight excluding hydrogens is 346 g/mol. The number of carboxylic acids is 1. The third kappa shape index (κ3) is 3.03. The average molecular weight is 364 g/mol. The van der Waals surface area contributed by atoms with Crippen LogP contribution in [-0.2, 0) is 19.6 Å². The SMILES string of the molecule is COCC1(C(=O)O)CCCN1S(=O)(=O)c1ccc(OC)c(Cl)c1. The molecule has 0 amide bonds. The van der Waals surface area contributed by atoms with Crippen LogP contribution in [0.5, 0.6) is 5.75 Å². The first-order valence-electron chi connectivity index (χ1n) is 6.88. The van der Waals surface area contributed by atoms with Crippen LogP contribution >= 0.6 is 11.6 Å². The van der Waals surface area contributed by atoms with Crippen molar-refractivity contribution < 1.29 is 27.8 Å². The molecule has 2 rings (SSSR count). The number of sulfonamides is 1. The molecule has 23 heavy (non-hydrogen) atoms. The summed E-state index contributed by atoms with van der Waals surface area (Å²) in [6.45, 7) is -0.104. The average Bonchev–Trinajstić information content (AvgIpc) is 2.93. The van der Waals surface area contributed by atoms with Crippen molar-refractivity contribution in [2.45, 2.75) is 23.3 Å². The van der Waals surface area contributed by atoms with Gasteiger partial charge in [0.05, 0.1) is 23.6 Å². The number of nitrogens with zero attached hydrogens (tertiary/aromatic N) is 1. The van der Waals surface area contributed by atoms with Gasteiger partial charge in [-0.05, 0) is 31.0 Å². The van der Waals surface area contributed by atoms with E-state index in [-0.39, 0.29) is 29.5 Å². The van der Waals surface area contributed by atoms with Crippen molar-refractivity contribution in [3.8, 4) is 5.75 Å². The summed E-state index contributed by atoms with van der Waals surface area (Å²) in [5.41, 5.74) is -1.60. The molecule has 1 aliphatic heterocycles. The van der Waals surface area contributed by atoms with E-state index in [1.165, 1.54) is 32.4 Å². The fourth-order valence-electron chi connectivity index (χ4n) is 2.80. The highest BCUT2D eigenvalue weighted by atomic mass is 35.5. The van der Waals surface area contributed by atoms with Gasteiger partial charge in [-0.2, -0.15) is 4.31 Å². The van der Waals surface area contributed by atoms with Crippen LogP contribution in [-0.4, -0.2) is 56.7 Å². The molecule has 0 bridgehead atoms. The molecule has 1 atom stereocenters. The Hall–Kier alpha value is -1.35. The Morgan fingerprint density at radius 1 is 1.43 bits per heavy atom. The Morgan fingerprint density at radius 3 is 2.65 bits per heavy atom. The van der Waals surface area contributed by atoms with E-state index in [0.717, 1.165) is 4.31 Å². The molecule has 1 fully saturated rings. The quantitative estimate of drug-likeness (QED) is 0.825. The maximum absolute atomic E-state index is 12.9. The largest absolute Gasteiger partial charge is 0.495 e. The number of hydrogen-bond acceptors (Lipinski definition) is 5. The highest BCUT2D eigenvalue weighted by molar-refractivity contribution is 7.89. The van der Waals surface area contributed by atoms with Crippen molar-refractivity contribution in [3.63, 3.8) is 0 Å². The molecule has 1 N–H and O–H groups in total. The van der Waals surface area contributed by atoms with E-state index in [1.807, 2.05) is 0 Å². The van der Waals surface area contributed by atoms with Crippen LogP contribution in [0, 0.1) is 0 Å². The number of aliphatic carboxylic acids is 1. The molecule has 7 nitrogen and oxygen atoms in total. The summed E-state index contributed by atoms with van der Waals surface area (Å²) in [4.78, 5) is 11.7. The van der Waals surface area contributed by atoms with Gasteiger partial charge in [-0.3, -0.25) is 4.79 Å². The third-order valence-corrected chi connectivity index (χ3v) is 6.18. The summed E-state index contributed by atoms with van der Waals surface area (Å²) in [6, 6.07) is 4.04. The fraction of sp³-hybridized carbons (Fsp3) is 0.500. The molecular formula is C14H18ClNO6S. The zero-order valence-corrected chi connectivity index (χ0v) is 14.4. The lowest BCUT2D eigenvalue weighted by Crippen LogP contribution is -2.55. The van der Waals surface area contributed by atoms with Gasteiger partial charge < -0.3 is 14.6 Å². The Balaban J connectivity index is 2.49. The van der Waals surface area contributed by atoms with Crippen LogP contribution < -0.4 is 4.74 Å². The Labute approximate surface area is 139 Å². The van der Waals surface area contributed by atoms with Gasteiger partial charge in [0.25, 0.3) is 0 Å². The number of benzene rings is 1. The number of rotatable bonds is 6. The Bertz CT molecular complexity index is 707. The molecule has 1 unspecified atom stereocenters. The van der Waals surface area contributed by atoms with E-state index in [2.05, 4.69) is 0 Å². The minimum atomic E-state index is -4.03. The number of carbonyl (C=O) groups is 1. The second-order valence-electron chi connectivity index (χ2n) is 5.25. The van der Waals surface area contributed by atoms with Gasteiger partial charge in [-0.15, -0.1) is 0 Å². The second-order valence-corrected chi connectivity index (χ2v) is 7.52. The maximum atomic E-state index is 12.9. The van der Waals surface area contributed by atoms with Crippen LogP contribution in [0.1, 0.15) is 12.8 Å². The number of hydrogen-bond donors (Lipinski definition) is 1. The summed E-state index contributed by atoms with van der Waals surface area (Å²) >= 11 is 5.99. The number of carboxylic acid groups (broad SMARTS) is 1. The Morgan fingerprint density at radius 2 is 2.13 bits per heavy atom. The summed E-state index contributed by atoms with van der Waals surface area (Å²) in [6.07, 6.45) is 0.637. The van der Waals surface area contributed by atoms with Crippen LogP contribution in [0.3, 0.4) is 0 Å². The Kier molecular flexibility index (Phi) is 5.20. The fourth-order valence-corrected chi connectivity index (χ4v) is 4.93. The second kappa shape index (κ2) is 6.64. The monoisotopic (exact) mass is 363 g/mol. The molecule has 0 aromatic heterocycles. The topological polar surface area (TPSA) is 93.1 Å². The summed E-state index contributed by atoms with van der Waals surface area (Å²) in [5, 5.41) is 9.72. The van der Waals surface area contributed by atoms with Crippen LogP contribution in [0.4, 0.5) is 0 Å². The lowest BCUT2D eigenvalue weighted by molar-refractivity contribution is -0.150. The van der Waals surface area contributed by atoms with Crippen molar-refractivity contribution in [2.75, 3.05) is 27.4 Å². The van der Waals surface area contributed by atoms with Gasteiger partial charge in [0.2, 0.25) is 10.0 Å². The zero-order valence-electron chi connectivity index (χ0n) is 12.8. The molecule has 1 aromatic carbocycles. The zero-order chi connectivity index (χ0) is 17.3. The van der Waals surface area contributed by atoms with E-state index >= 15 is 0 Å². The van der Waals surface area contributed by atoms with Crippen LogP contribution in [0.2, 0.25) is 5.02 Å². The molecule has 1 heterocycles. The molecule has 1 aromatic rings. The maximum Gasteiger partial charge on any atom is 0.327 e. The molecule has 1 aliphatic rings. The van der Waals surface area contributed by atoms with E-state index in [1.54, 1.807) is 0 Å². The first kappa shape index (κ1) is 18.0. The number of methoxy groups -OCH3 is 2. The molecule has 128 valence electrons. The standard InChI is InChI=1S/C14H18ClNO6S/c1-21-9-14(13(17)18)6-3-7-16(14)23(19,20)10-4-5-12(22-2)11(15)8-10/h4-5,8H,3,6-7,9H2,1-2H3,(H,17,18). The number of halogens is 1. The lowest BCUT2D eigenvalue weighted by atomic mass is 9.99. The van der Waals surface area contributed by atoms with Gasteiger partial charge in [-0.25, -0.2) is 8.42 Å². The van der Waals surface area contributed by atoms with Gasteiger partial charge in [0.15, 0.2) is 5.54 Å². The predicted octanol–water partition coefficient (Wildman–Crippen LogP) is 1.60. The predicted molar refractivity (Wildman–Crippen MR) is 83.4 cm³/mol. The van der Waals surface area contributed by atoms with Gasteiger partial charge in [0.1, 0.15) is 5.75 Å². The summed E-state index contributed by atoms with van der Waals surface area (Å²) in [7, 11) is -1.26. The van der Waals surface area contributed by atoms with Crippen LogP contribution in [0.15, 0.2) is 23.1 Å². The minimum Gasteiger partial charge on any atom is -0.495 e. The van der Waals surface area contributed by atoms with E-state index in [9.17, 15) is 18.3 Å². The molecule has 0 aliphatic carbocycles. The van der Waals surface area contributed by atoms with Crippen molar-refractivity contribution >= 4 is 27.6 Å². The highest BCUT2D eigenvalue weighted by Crippen LogP contribution is 2.37. The van der Waals surface area contributed by atoms with Crippen LogP contribution in [0.25, 0.3) is 0 Å². The summed E-state index contributed by atoms with van der Waals surface area (Å²) in [5.74, 6) is -0.881. The van der Waals surface area contributed by atoms with Crippen molar-refractivity contribution in [1.29, 1.82) is 0 Å². The van der Waals surface area contributed by atoms with Crippen molar-refractivity contribution in [3.05, 3.63) is 23.2 Å². The number of ether oxygens (including phenoxy) is 2. The van der Waals surface area contributed by atoms with Crippen molar-refractivity contribution in [1.82, 2.24) is 4.31 Å². The lowest BCUT2D eigenvalue weighted by Gasteiger charge is -2.33. The molecule has 0 radical (unpaired) electrons. The van der Waals surface area contributed by atoms with E-state index in [4.69, 9.17) is 21.1 Å². The first-order chi connectivity index (χ1) is 10.8.